The monoisotopic (exact) mass is 1220 g/mol. The molecule has 0 spiro atoms. The van der Waals surface area contributed by atoms with Gasteiger partial charge in [0.15, 0.2) is 0 Å². The molecule has 0 amide bonds. The van der Waals surface area contributed by atoms with Crippen LogP contribution >= 0.6 is 0 Å². The van der Waals surface area contributed by atoms with Crippen LogP contribution in [0.1, 0.15) is 100 Å². The van der Waals surface area contributed by atoms with Gasteiger partial charge in [-0.3, -0.25) is 0 Å². The average Bonchev–Trinajstić information content (AvgIpc) is 0.719. The van der Waals surface area contributed by atoms with E-state index >= 15 is 0 Å². The van der Waals surface area contributed by atoms with Gasteiger partial charge in [0.2, 0.25) is 0 Å². The summed E-state index contributed by atoms with van der Waals surface area (Å²) in [5.41, 5.74) is 29.6. The first-order valence-electron chi connectivity index (χ1n) is 33.2. The molecule has 0 aromatic heterocycles. The van der Waals surface area contributed by atoms with Crippen molar-refractivity contribution in [3.8, 4) is 11.1 Å². The highest BCUT2D eigenvalue weighted by Crippen LogP contribution is 2.52. The SMILES string of the molecule is CC(=Cc1ccc(N(c2ccc(C=C(C)c3ccc(C)cc3)cc2)c2c3ccccc3cc3c(-c4c5ccccc5c(N(c5ccc(C=C(C)c6ccc(C)cc6)cc5)c5ccc(C=C(C)c6ccc(C)cc6)cc5)c5cccc(C)c45)cccc23)cc1)c1ccc(C)cc1. The van der Waals surface area contributed by atoms with Crippen molar-refractivity contribution >= 4 is 124 Å². The molecule has 0 atom stereocenters. The van der Waals surface area contributed by atoms with Crippen molar-refractivity contribution in [1.29, 1.82) is 0 Å². The molecule has 0 saturated heterocycles. The van der Waals surface area contributed by atoms with E-state index in [0.717, 1.165) is 67.2 Å². The zero-order valence-electron chi connectivity index (χ0n) is 55.8. The molecule has 14 rings (SSSR count). The molecule has 460 valence electrons. The molecular formula is C93H78N2. The van der Waals surface area contributed by atoms with E-state index in [1.165, 1.54) is 116 Å². The molecule has 0 aliphatic rings. The fraction of sp³-hybridized carbons (Fsp3) is 0.0968. The van der Waals surface area contributed by atoms with Crippen LogP contribution in [0.15, 0.2) is 285 Å². The number of benzene rings is 14. The van der Waals surface area contributed by atoms with Gasteiger partial charge in [-0.1, -0.05) is 277 Å². The first kappa shape index (κ1) is 61.2. The third-order valence-electron chi connectivity index (χ3n) is 19.0. The lowest BCUT2D eigenvalue weighted by atomic mass is 9.85. The van der Waals surface area contributed by atoms with Crippen molar-refractivity contribution in [2.75, 3.05) is 9.80 Å². The smallest absolute Gasteiger partial charge is 0.0618 e. The van der Waals surface area contributed by atoms with E-state index in [-0.39, 0.29) is 0 Å². The van der Waals surface area contributed by atoms with Crippen LogP contribution in [-0.2, 0) is 0 Å². The van der Waals surface area contributed by atoms with E-state index in [2.05, 4.69) is 382 Å². The van der Waals surface area contributed by atoms with Crippen molar-refractivity contribution in [2.24, 2.45) is 0 Å². The fourth-order valence-corrected chi connectivity index (χ4v) is 13.7. The molecule has 0 radical (unpaired) electrons. The molecule has 14 aromatic carbocycles. The molecule has 0 bridgehead atoms. The van der Waals surface area contributed by atoms with E-state index in [1.807, 2.05) is 0 Å². The van der Waals surface area contributed by atoms with Crippen LogP contribution in [0.25, 0.3) is 101 Å². The van der Waals surface area contributed by atoms with Crippen LogP contribution in [0.4, 0.5) is 34.1 Å². The Kier molecular flexibility index (Phi) is 17.0. The highest BCUT2D eigenvalue weighted by atomic mass is 15.2. The van der Waals surface area contributed by atoms with E-state index < -0.39 is 0 Å². The van der Waals surface area contributed by atoms with Crippen LogP contribution in [0, 0.1) is 34.6 Å². The lowest BCUT2D eigenvalue weighted by Crippen LogP contribution is -2.12. The number of allylic oxidation sites excluding steroid dienone is 4. The molecule has 2 nitrogen and oxygen atoms in total. The summed E-state index contributed by atoms with van der Waals surface area (Å²) in [5, 5.41) is 9.43. The fourth-order valence-electron chi connectivity index (χ4n) is 13.7. The van der Waals surface area contributed by atoms with Crippen LogP contribution in [0.5, 0.6) is 0 Å². The van der Waals surface area contributed by atoms with Crippen LogP contribution < -0.4 is 9.80 Å². The second-order valence-electron chi connectivity index (χ2n) is 25.9. The minimum atomic E-state index is 1.07. The normalized spacial score (nSPS) is 12.3. The van der Waals surface area contributed by atoms with Gasteiger partial charge in [-0.2, -0.15) is 0 Å². The molecule has 0 aliphatic carbocycles. The summed E-state index contributed by atoms with van der Waals surface area (Å²) in [6, 6.07) is 106. The summed E-state index contributed by atoms with van der Waals surface area (Å²) < 4.78 is 0. The lowest BCUT2D eigenvalue weighted by molar-refractivity contribution is 1.30. The van der Waals surface area contributed by atoms with Gasteiger partial charge in [0.05, 0.1) is 11.4 Å². The Morgan fingerprint density at radius 2 is 0.568 bits per heavy atom. The number of rotatable bonds is 15. The lowest BCUT2D eigenvalue weighted by Gasteiger charge is -2.31. The highest BCUT2D eigenvalue weighted by molar-refractivity contribution is 6.27. The van der Waals surface area contributed by atoms with Gasteiger partial charge in [0, 0.05) is 44.3 Å². The van der Waals surface area contributed by atoms with Crippen LogP contribution in [0.3, 0.4) is 0 Å². The second kappa shape index (κ2) is 26.4. The molecule has 0 heterocycles. The van der Waals surface area contributed by atoms with Crippen molar-refractivity contribution in [2.45, 2.75) is 62.3 Å². The molecule has 0 unspecified atom stereocenters. The number of hydrogen-bond donors (Lipinski definition) is 0. The standard InChI is InChI=1S/C93H78N2/c1-61-24-40-74(41-25-61)66(6)56-70-32-48-79(49-33-70)94(80-50-34-71(35-51-80)57-67(7)75-42-26-62(2)27-43-75)92-83-18-11-10-17-78(83)60-89-85(21-15-22-87(89)92)91-84-19-12-13-20-86(84)93(88-23-14-16-65(5)90(88)91)95(81-52-36-72(37-53-81)58-68(8)76-44-28-63(3)29-45-76)82-54-38-73(39-55-82)59-69(9)77-46-30-64(4)31-47-77/h10-60H,1-9H3. The number of hydrogen-bond acceptors (Lipinski definition) is 2. The molecule has 0 N–H and O–H groups in total. The maximum Gasteiger partial charge on any atom is 0.0618 e. The summed E-state index contributed by atoms with van der Waals surface area (Å²) in [5.74, 6) is 0. The van der Waals surface area contributed by atoms with Gasteiger partial charge in [-0.05, 0) is 222 Å². The zero-order chi connectivity index (χ0) is 65.3. The van der Waals surface area contributed by atoms with Crippen molar-refractivity contribution in [3.05, 3.63) is 357 Å². The number of aryl methyl sites for hydroxylation is 5. The second-order valence-corrected chi connectivity index (χ2v) is 25.9. The van der Waals surface area contributed by atoms with E-state index in [9.17, 15) is 0 Å². The average molecular weight is 1220 g/mol. The Hall–Kier alpha value is -11.3. The van der Waals surface area contributed by atoms with Gasteiger partial charge in [0.1, 0.15) is 0 Å². The highest BCUT2D eigenvalue weighted by Gasteiger charge is 2.26. The van der Waals surface area contributed by atoms with Gasteiger partial charge in [-0.15, -0.1) is 0 Å². The first-order chi connectivity index (χ1) is 46.3. The summed E-state index contributed by atoms with van der Waals surface area (Å²) in [6.07, 6.45) is 9.18. The van der Waals surface area contributed by atoms with Gasteiger partial charge < -0.3 is 9.80 Å². The summed E-state index contributed by atoms with van der Waals surface area (Å²) >= 11 is 0. The topological polar surface area (TPSA) is 6.48 Å². The predicted octanol–water partition coefficient (Wildman–Crippen LogP) is 26.7. The van der Waals surface area contributed by atoms with Crippen LogP contribution in [-0.4, -0.2) is 0 Å². The largest absolute Gasteiger partial charge is 0.309 e. The Morgan fingerprint density at radius 3 is 0.958 bits per heavy atom. The third-order valence-corrected chi connectivity index (χ3v) is 19.0. The summed E-state index contributed by atoms with van der Waals surface area (Å²) in [4.78, 5) is 4.99. The summed E-state index contributed by atoms with van der Waals surface area (Å²) in [7, 11) is 0. The Bertz CT molecular complexity index is 5080. The predicted molar refractivity (Wildman–Crippen MR) is 415 cm³/mol. The van der Waals surface area contributed by atoms with Crippen molar-refractivity contribution in [3.63, 3.8) is 0 Å². The maximum atomic E-state index is 2.50. The van der Waals surface area contributed by atoms with E-state index in [4.69, 9.17) is 0 Å². The zero-order valence-corrected chi connectivity index (χ0v) is 55.8. The molecule has 0 aliphatic heterocycles. The van der Waals surface area contributed by atoms with Crippen molar-refractivity contribution < 1.29 is 0 Å². The molecule has 2 heteroatoms. The maximum absolute atomic E-state index is 2.50. The molecule has 95 heavy (non-hydrogen) atoms. The first-order valence-corrected chi connectivity index (χ1v) is 33.2. The summed E-state index contributed by atoms with van der Waals surface area (Å²) in [6.45, 7) is 19.7. The third kappa shape index (κ3) is 12.6. The molecule has 0 saturated carbocycles. The number of nitrogens with zero attached hydrogens (tertiary/aromatic N) is 2. The van der Waals surface area contributed by atoms with Gasteiger partial charge in [0.25, 0.3) is 0 Å². The van der Waals surface area contributed by atoms with E-state index in [0.29, 0.717) is 0 Å². The quantitative estimate of drug-likeness (QED) is 0.0746. The van der Waals surface area contributed by atoms with Crippen LogP contribution in [0.2, 0.25) is 0 Å². The minimum absolute atomic E-state index is 1.07. The van der Waals surface area contributed by atoms with Gasteiger partial charge >= 0.3 is 0 Å². The van der Waals surface area contributed by atoms with E-state index in [1.54, 1.807) is 0 Å². The number of anilines is 6. The number of fused-ring (bicyclic) bond motifs is 4. The van der Waals surface area contributed by atoms with Crippen molar-refractivity contribution in [1.82, 2.24) is 0 Å². The van der Waals surface area contributed by atoms with Gasteiger partial charge in [-0.25, -0.2) is 0 Å². The Labute approximate surface area is 561 Å². The molecule has 0 fully saturated rings. The molecule has 14 aromatic rings. The Balaban J connectivity index is 0.959. The Morgan fingerprint density at radius 1 is 0.263 bits per heavy atom. The molecular weight excluding hydrogens is 1150 g/mol. The minimum Gasteiger partial charge on any atom is -0.309 e.